The minimum atomic E-state index is -0.0784. The van der Waals surface area contributed by atoms with Gasteiger partial charge in [-0.25, -0.2) is 4.98 Å². The number of aromatic nitrogens is 3. The monoisotopic (exact) mass is 347 g/mol. The van der Waals surface area contributed by atoms with Crippen LogP contribution in [0.15, 0.2) is 24.0 Å². The molecule has 2 fully saturated rings. The Morgan fingerprint density at radius 1 is 1.38 bits per heavy atom. The number of rotatable bonds is 3. The molecule has 0 spiro atoms. The van der Waals surface area contributed by atoms with Gasteiger partial charge in [-0.3, -0.25) is 14.4 Å². The fraction of sp³-hybridized carbons (Fsp3) is 0.562. The number of piperidine rings is 1. The minimum Gasteiger partial charge on any atom is -0.368 e. The number of carbonyl (C=O) groups excluding carboxylic acids is 1. The van der Waals surface area contributed by atoms with Crippen molar-refractivity contribution in [2.75, 3.05) is 31.1 Å². The van der Waals surface area contributed by atoms with Crippen molar-refractivity contribution in [2.45, 2.75) is 25.0 Å². The molecule has 4 heterocycles. The average molecular weight is 347 g/mol. The normalized spacial score (nSPS) is 26.0. The van der Waals surface area contributed by atoms with Crippen LogP contribution in [0.5, 0.6) is 0 Å². The van der Waals surface area contributed by atoms with Crippen molar-refractivity contribution in [3.05, 3.63) is 29.0 Å². The number of carbonyl (C=O) groups is 1. The molecular formula is C16H21N5O2S. The molecule has 0 N–H and O–H groups in total. The summed E-state index contributed by atoms with van der Waals surface area (Å²) in [6, 6.07) is -0.0784. The summed E-state index contributed by atoms with van der Waals surface area (Å²) < 4.78 is 7.60. The predicted octanol–water partition coefficient (Wildman–Crippen LogP) is 1.45. The van der Waals surface area contributed by atoms with E-state index >= 15 is 0 Å². The van der Waals surface area contributed by atoms with E-state index in [1.165, 1.54) is 0 Å². The first-order valence-electron chi connectivity index (χ1n) is 8.27. The number of hydrogen-bond donors (Lipinski definition) is 0. The largest absolute Gasteiger partial charge is 0.368 e. The summed E-state index contributed by atoms with van der Waals surface area (Å²) in [4.78, 5) is 21.5. The fourth-order valence-corrected chi connectivity index (χ4v) is 4.17. The zero-order valence-electron chi connectivity index (χ0n) is 13.7. The Morgan fingerprint density at radius 3 is 3.04 bits per heavy atom. The van der Waals surface area contributed by atoms with Crippen molar-refractivity contribution in [2.24, 2.45) is 7.05 Å². The Kier molecular flexibility index (Phi) is 4.34. The number of thiazole rings is 1. The highest BCUT2D eigenvalue weighted by molar-refractivity contribution is 7.09. The molecule has 2 aromatic rings. The quantitative estimate of drug-likeness (QED) is 0.841. The summed E-state index contributed by atoms with van der Waals surface area (Å²) in [6.45, 7) is 2.92. The summed E-state index contributed by atoms with van der Waals surface area (Å²) >= 11 is 1.61. The molecule has 2 atom stereocenters. The Balaban J connectivity index is 1.49. The summed E-state index contributed by atoms with van der Waals surface area (Å²) in [6.07, 6.45) is 7.35. The maximum absolute atomic E-state index is 13.0. The molecule has 7 nitrogen and oxygen atoms in total. The van der Waals surface area contributed by atoms with Crippen LogP contribution in [-0.4, -0.2) is 57.9 Å². The Morgan fingerprint density at radius 2 is 2.29 bits per heavy atom. The molecule has 0 radical (unpaired) electrons. The Hall–Kier alpha value is -1.77. The highest BCUT2D eigenvalue weighted by atomic mass is 32.1. The second kappa shape index (κ2) is 6.62. The van der Waals surface area contributed by atoms with Crippen molar-refractivity contribution in [1.29, 1.82) is 0 Å². The molecule has 24 heavy (non-hydrogen) atoms. The van der Waals surface area contributed by atoms with Crippen LogP contribution < -0.4 is 4.90 Å². The van der Waals surface area contributed by atoms with Gasteiger partial charge in [0.25, 0.3) is 0 Å². The van der Waals surface area contributed by atoms with E-state index in [1.54, 1.807) is 28.4 Å². The van der Waals surface area contributed by atoms with Crippen molar-refractivity contribution < 1.29 is 9.53 Å². The van der Waals surface area contributed by atoms with Crippen molar-refractivity contribution in [3.8, 4) is 0 Å². The number of morpholine rings is 1. The van der Waals surface area contributed by atoms with Crippen LogP contribution in [-0.2, 0) is 16.6 Å². The van der Waals surface area contributed by atoms with Gasteiger partial charge in [-0.1, -0.05) is 0 Å². The number of ether oxygens (including phenoxy) is 1. The van der Waals surface area contributed by atoms with Gasteiger partial charge in [0.1, 0.15) is 11.1 Å². The maximum Gasteiger partial charge on any atom is 0.244 e. The molecule has 8 heteroatoms. The first-order valence-corrected chi connectivity index (χ1v) is 9.15. The average Bonchev–Trinajstić information content (AvgIpc) is 3.27. The van der Waals surface area contributed by atoms with Crippen molar-refractivity contribution >= 4 is 22.9 Å². The van der Waals surface area contributed by atoms with Gasteiger partial charge in [0.2, 0.25) is 5.91 Å². The predicted molar refractivity (Wildman–Crippen MR) is 91.0 cm³/mol. The van der Waals surface area contributed by atoms with Crippen molar-refractivity contribution in [3.63, 3.8) is 0 Å². The molecule has 0 bridgehead atoms. The van der Waals surface area contributed by atoms with E-state index in [4.69, 9.17) is 4.74 Å². The van der Waals surface area contributed by atoms with Crippen LogP contribution >= 0.6 is 11.3 Å². The number of nitrogens with zero attached hydrogens (tertiary/aromatic N) is 5. The van der Waals surface area contributed by atoms with Gasteiger partial charge in [-0.15, -0.1) is 11.3 Å². The topological polar surface area (TPSA) is 63.5 Å². The van der Waals surface area contributed by atoms with Gasteiger partial charge in [0, 0.05) is 44.5 Å². The molecule has 0 aromatic carbocycles. The number of anilines is 1. The van der Waals surface area contributed by atoms with Crippen LogP contribution in [0.4, 0.5) is 5.69 Å². The maximum atomic E-state index is 13.0. The fourth-order valence-electron chi connectivity index (χ4n) is 3.49. The smallest absolute Gasteiger partial charge is 0.244 e. The zero-order chi connectivity index (χ0) is 16.5. The number of amides is 1. The van der Waals surface area contributed by atoms with E-state index in [1.807, 2.05) is 23.5 Å². The second-order valence-electron chi connectivity index (χ2n) is 6.24. The van der Waals surface area contributed by atoms with Gasteiger partial charge in [-0.05, 0) is 12.8 Å². The Bertz CT molecular complexity index is 701. The lowest BCUT2D eigenvalue weighted by Gasteiger charge is -2.41. The molecular weight excluding hydrogens is 326 g/mol. The molecule has 0 unspecified atom stereocenters. The molecule has 0 aliphatic carbocycles. The van der Waals surface area contributed by atoms with E-state index in [0.29, 0.717) is 6.61 Å². The van der Waals surface area contributed by atoms with E-state index in [-0.39, 0.29) is 18.1 Å². The third-order valence-electron chi connectivity index (χ3n) is 4.68. The second-order valence-corrected chi connectivity index (χ2v) is 7.17. The van der Waals surface area contributed by atoms with Gasteiger partial charge < -0.3 is 9.64 Å². The van der Waals surface area contributed by atoms with Gasteiger partial charge in [0.15, 0.2) is 0 Å². The van der Waals surface area contributed by atoms with Crippen LogP contribution in [0.2, 0.25) is 0 Å². The lowest BCUT2D eigenvalue weighted by atomic mass is 10.0. The lowest BCUT2D eigenvalue weighted by molar-refractivity contribution is -0.129. The molecule has 128 valence electrons. The lowest BCUT2D eigenvalue weighted by Crippen LogP contribution is -2.55. The van der Waals surface area contributed by atoms with E-state index < -0.39 is 0 Å². The summed E-state index contributed by atoms with van der Waals surface area (Å²) in [5, 5.41) is 7.15. The summed E-state index contributed by atoms with van der Waals surface area (Å²) in [5.74, 6) is 0.175. The minimum absolute atomic E-state index is 0.0275. The molecule has 4 rings (SSSR count). The van der Waals surface area contributed by atoms with E-state index in [2.05, 4.69) is 15.0 Å². The first-order chi connectivity index (χ1) is 11.7. The zero-order valence-corrected chi connectivity index (χ0v) is 14.5. The highest BCUT2D eigenvalue weighted by Gasteiger charge is 2.37. The van der Waals surface area contributed by atoms with Gasteiger partial charge >= 0.3 is 0 Å². The standard InChI is InChI=1S/C16H21N5O2S/c1-19-10-12(9-18-19)21-5-2-3-13(16(21)22)20-6-7-23-14(11-20)15-17-4-8-24-15/h4,8-10,13-14H,2-3,5-7,11H2,1H3/t13-,14+/m0/s1. The number of aryl methyl sites for hydroxylation is 1. The molecule has 2 aliphatic rings. The molecule has 2 aromatic heterocycles. The Labute approximate surface area is 144 Å². The summed E-state index contributed by atoms with van der Waals surface area (Å²) in [7, 11) is 1.87. The third kappa shape index (κ3) is 2.97. The van der Waals surface area contributed by atoms with Crippen molar-refractivity contribution in [1.82, 2.24) is 19.7 Å². The van der Waals surface area contributed by atoms with Gasteiger partial charge in [-0.2, -0.15) is 5.10 Å². The molecule has 0 saturated carbocycles. The highest BCUT2D eigenvalue weighted by Crippen LogP contribution is 2.29. The molecule has 1 amide bonds. The van der Waals surface area contributed by atoms with Crippen LogP contribution in [0.25, 0.3) is 0 Å². The third-order valence-corrected chi connectivity index (χ3v) is 5.55. The van der Waals surface area contributed by atoms with Gasteiger partial charge in [0.05, 0.1) is 24.5 Å². The molecule has 2 aliphatic heterocycles. The van der Waals surface area contributed by atoms with Crippen LogP contribution in [0.1, 0.15) is 24.0 Å². The van der Waals surface area contributed by atoms with Crippen LogP contribution in [0.3, 0.4) is 0 Å². The SMILES string of the molecule is Cn1cc(N2CCC[C@H](N3CCO[C@@H](c4nccs4)C3)C2=O)cn1. The number of hydrogen-bond acceptors (Lipinski definition) is 6. The van der Waals surface area contributed by atoms with E-state index in [0.717, 1.165) is 43.2 Å². The summed E-state index contributed by atoms with van der Waals surface area (Å²) in [5.41, 5.74) is 0.886. The van der Waals surface area contributed by atoms with E-state index in [9.17, 15) is 4.79 Å². The van der Waals surface area contributed by atoms with Crippen LogP contribution in [0, 0.1) is 0 Å². The first kappa shape index (κ1) is 15.7. The molecule has 2 saturated heterocycles.